The SMILES string of the molecule is COCC(O)CN(C)c1ccc(C(F)(F)F)c(C(N)=S)c1. The fraction of sp³-hybridized carbons (Fsp3) is 0.462. The van der Waals surface area contributed by atoms with Crippen LogP contribution in [0, 0.1) is 0 Å². The van der Waals surface area contributed by atoms with Gasteiger partial charge in [-0.3, -0.25) is 0 Å². The van der Waals surface area contributed by atoms with E-state index in [0.717, 1.165) is 6.07 Å². The van der Waals surface area contributed by atoms with Gasteiger partial charge in [-0.2, -0.15) is 13.2 Å². The van der Waals surface area contributed by atoms with Crippen molar-refractivity contribution in [1.82, 2.24) is 0 Å². The Balaban J connectivity index is 3.06. The molecule has 0 bridgehead atoms. The van der Waals surface area contributed by atoms with Crippen LogP contribution in [0.15, 0.2) is 18.2 Å². The van der Waals surface area contributed by atoms with Gasteiger partial charge in [-0.1, -0.05) is 12.2 Å². The molecule has 0 saturated carbocycles. The topological polar surface area (TPSA) is 58.7 Å². The summed E-state index contributed by atoms with van der Waals surface area (Å²) >= 11 is 4.68. The maximum Gasteiger partial charge on any atom is 0.417 e. The normalized spacial score (nSPS) is 13.0. The minimum atomic E-state index is -4.52. The van der Waals surface area contributed by atoms with E-state index in [1.54, 1.807) is 11.9 Å². The molecule has 0 aliphatic heterocycles. The van der Waals surface area contributed by atoms with Crippen molar-refractivity contribution in [2.24, 2.45) is 5.73 Å². The summed E-state index contributed by atoms with van der Waals surface area (Å²) in [6.45, 7) is 0.336. The molecule has 0 fully saturated rings. The van der Waals surface area contributed by atoms with Crippen LogP contribution in [0.25, 0.3) is 0 Å². The number of aliphatic hydroxyl groups is 1. The number of benzene rings is 1. The van der Waals surface area contributed by atoms with Gasteiger partial charge in [0.25, 0.3) is 0 Å². The molecule has 0 saturated heterocycles. The van der Waals surface area contributed by atoms with E-state index in [9.17, 15) is 18.3 Å². The molecule has 1 aromatic rings. The van der Waals surface area contributed by atoms with Crippen molar-refractivity contribution >= 4 is 22.9 Å². The van der Waals surface area contributed by atoms with E-state index in [0.29, 0.717) is 5.69 Å². The summed E-state index contributed by atoms with van der Waals surface area (Å²) in [6, 6.07) is 3.51. The van der Waals surface area contributed by atoms with Crippen LogP contribution >= 0.6 is 12.2 Å². The Kier molecular flexibility index (Phi) is 5.94. The first-order valence-corrected chi connectivity index (χ1v) is 6.46. The molecule has 0 aromatic heterocycles. The standard InChI is InChI=1S/C13H17F3N2O2S/c1-18(6-9(19)7-20-2)8-3-4-11(13(14,15)16)10(5-8)12(17)21/h3-5,9,19H,6-7H2,1-2H3,(H2,17,21). The van der Waals surface area contributed by atoms with Gasteiger partial charge in [0.1, 0.15) is 4.99 Å². The van der Waals surface area contributed by atoms with Crippen LogP contribution in [0.4, 0.5) is 18.9 Å². The molecule has 3 N–H and O–H groups in total. The molecule has 0 radical (unpaired) electrons. The van der Waals surface area contributed by atoms with Crippen LogP contribution in [0.2, 0.25) is 0 Å². The van der Waals surface area contributed by atoms with Crippen molar-refractivity contribution < 1.29 is 23.0 Å². The van der Waals surface area contributed by atoms with Crippen molar-refractivity contribution in [3.63, 3.8) is 0 Å². The summed E-state index contributed by atoms with van der Waals surface area (Å²) in [5.41, 5.74) is 4.74. The number of hydrogen-bond acceptors (Lipinski definition) is 4. The number of alkyl halides is 3. The van der Waals surface area contributed by atoms with E-state index >= 15 is 0 Å². The number of thiocarbonyl (C=S) groups is 1. The maximum absolute atomic E-state index is 12.9. The molecular weight excluding hydrogens is 305 g/mol. The molecule has 0 heterocycles. The smallest absolute Gasteiger partial charge is 0.389 e. The fourth-order valence-electron chi connectivity index (χ4n) is 1.89. The van der Waals surface area contributed by atoms with Gasteiger partial charge in [0.05, 0.1) is 18.3 Å². The predicted molar refractivity (Wildman–Crippen MR) is 78.5 cm³/mol. The van der Waals surface area contributed by atoms with Crippen LogP contribution in [0.5, 0.6) is 0 Å². The van der Waals surface area contributed by atoms with Gasteiger partial charge < -0.3 is 20.5 Å². The number of hydrogen-bond donors (Lipinski definition) is 2. The summed E-state index contributed by atoms with van der Waals surface area (Å²) in [5.74, 6) is 0. The summed E-state index contributed by atoms with van der Waals surface area (Å²) in [7, 11) is 3.09. The molecule has 1 rings (SSSR count). The Bertz CT molecular complexity index is 509. The lowest BCUT2D eigenvalue weighted by atomic mass is 10.1. The van der Waals surface area contributed by atoms with Gasteiger partial charge in [0.2, 0.25) is 0 Å². The van der Waals surface area contributed by atoms with E-state index in [2.05, 4.69) is 12.2 Å². The van der Waals surface area contributed by atoms with Gasteiger partial charge >= 0.3 is 6.18 Å². The second kappa shape index (κ2) is 7.06. The number of methoxy groups -OCH3 is 1. The predicted octanol–water partition coefficient (Wildman–Crippen LogP) is 1.78. The average molecular weight is 322 g/mol. The Hall–Kier alpha value is -1.38. The number of likely N-dealkylation sites (N-methyl/N-ethyl adjacent to an activating group) is 1. The highest BCUT2D eigenvalue weighted by atomic mass is 32.1. The minimum Gasteiger partial charge on any atom is -0.389 e. The third-order valence-electron chi connectivity index (χ3n) is 2.86. The highest BCUT2D eigenvalue weighted by Crippen LogP contribution is 2.33. The molecule has 0 aliphatic rings. The first kappa shape index (κ1) is 17.7. The molecule has 21 heavy (non-hydrogen) atoms. The number of nitrogens with two attached hydrogens (primary N) is 1. The molecule has 1 aromatic carbocycles. The lowest BCUT2D eigenvalue weighted by Gasteiger charge is -2.24. The number of rotatable bonds is 6. The first-order valence-electron chi connectivity index (χ1n) is 6.06. The Morgan fingerprint density at radius 1 is 1.48 bits per heavy atom. The maximum atomic E-state index is 12.9. The largest absolute Gasteiger partial charge is 0.417 e. The zero-order valence-corrected chi connectivity index (χ0v) is 12.5. The highest BCUT2D eigenvalue weighted by Gasteiger charge is 2.34. The van der Waals surface area contributed by atoms with Gasteiger partial charge in [-0.25, -0.2) is 0 Å². The molecular formula is C13H17F3N2O2S. The second-order valence-corrected chi connectivity index (χ2v) is 5.02. The lowest BCUT2D eigenvalue weighted by molar-refractivity contribution is -0.137. The zero-order valence-electron chi connectivity index (χ0n) is 11.6. The van der Waals surface area contributed by atoms with Crippen LogP contribution < -0.4 is 10.6 Å². The van der Waals surface area contributed by atoms with E-state index in [1.165, 1.54) is 19.2 Å². The lowest BCUT2D eigenvalue weighted by Crippen LogP contribution is -2.32. The van der Waals surface area contributed by atoms with Crippen LogP contribution in [-0.2, 0) is 10.9 Å². The Labute approximate surface area is 126 Å². The number of anilines is 1. The van der Waals surface area contributed by atoms with Crippen molar-refractivity contribution in [3.8, 4) is 0 Å². The van der Waals surface area contributed by atoms with Crippen LogP contribution in [0.3, 0.4) is 0 Å². The first-order chi connectivity index (χ1) is 9.66. The van der Waals surface area contributed by atoms with Crippen molar-refractivity contribution in [1.29, 1.82) is 0 Å². The summed E-state index contributed by atoms with van der Waals surface area (Å²) in [6.07, 6.45) is -5.28. The Morgan fingerprint density at radius 3 is 2.57 bits per heavy atom. The summed E-state index contributed by atoms with van der Waals surface area (Å²) < 4.78 is 43.4. The van der Waals surface area contributed by atoms with Crippen LogP contribution in [-0.4, -0.2) is 43.5 Å². The molecule has 1 unspecified atom stereocenters. The summed E-state index contributed by atoms with van der Waals surface area (Å²) in [5, 5.41) is 9.65. The molecule has 4 nitrogen and oxygen atoms in total. The van der Waals surface area contributed by atoms with E-state index in [1.807, 2.05) is 0 Å². The van der Waals surface area contributed by atoms with E-state index in [4.69, 9.17) is 10.5 Å². The van der Waals surface area contributed by atoms with Crippen molar-refractivity contribution in [3.05, 3.63) is 29.3 Å². The van der Waals surface area contributed by atoms with Crippen molar-refractivity contribution in [2.75, 3.05) is 32.2 Å². The minimum absolute atomic E-state index is 0.132. The Morgan fingerprint density at radius 2 is 2.10 bits per heavy atom. The molecule has 1 atom stereocenters. The van der Waals surface area contributed by atoms with Crippen LogP contribution in [0.1, 0.15) is 11.1 Å². The number of nitrogens with zero attached hydrogens (tertiary/aromatic N) is 1. The second-order valence-electron chi connectivity index (χ2n) is 4.58. The molecule has 0 spiro atoms. The van der Waals surface area contributed by atoms with Gasteiger partial charge in [-0.15, -0.1) is 0 Å². The monoisotopic (exact) mass is 322 g/mol. The van der Waals surface area contributed by atoms with Gasteiger partial charge in [0.15, 0.2) is 0 Å². The van der Waals surface area contributed by atoms with Crippen molar-refractivity contribution in [2.45, 2.75) is 12.3 Å². The highest BCUT2D eigenvalue weighted by molar-refractivity contribution is 7.80. The van der Waals surface area contributed by atoms with E-state index < -0.39 is 17.8 Å². The third-order valence-corrected chi connectivity index (χ3v) is 3.08. The number of ether oxygens (including phenoxy) is 1. The molecule has 118 valence electrons. The van der Waals surface area contributed by atoms with Gasteiger partial charge in [-0.05, 0) is 18.2 Å². The quantitative estimate of drug-likeness (QED) is 0.782. The average Bonchev–Trinajstić information content (AvgIpc) is 2.37. The zero-order chi connectivity index (χ0) is 16.2. The van der Waals surface area contributed by atoms with E-state index in [-0.39, 0.29) is 23.7 Å². The third kappa shape index (κ3) is 4.83. The summed E-state index contributed by atoms with van der Waals surface area (Å²) in [4.78, 5) is 1.28. The molecule has 8 heteroatoms. The van der Waals surface area contributed by atoms with Gasteiger partial charge in [0, 0.05) is 32.0 Å². The number of aliphatic hydroxyl groups excluding tert-OH is 1. The molecule has 0 amide bonds. The number of halogens is 3. The molecule has 0 aliphatic carbocycles. The fourth-order valence-corrected chi connectivity index (χ4v) is 2.06.